The van der Waals surface area contributed by atoms with E-state index in [0.717, 1.165) is 12.1 Å². The molecule has 0 aliphatic heterocycles. The Labute approximate surface area is 161 Å². The fraction of sp³-hybridized carbons (Fsp3) is 0.412. The van der Waals surface area contributed by atoms with Crippen molar-refractivity contribution in [2.45, 2.75) is 31.5 Å². The maximum Gasteiger partial charge on any atom is 0.328 e. The Morgan fingerprint density at radius 3 is 2.85 bits per heavy atom. The molecule has 1 aromatic carbocycles. The first kappa shape index (κ1) is 20.3. The Hall–Kier alpha value is -2.06. The van der Waals surface area contributed by atoms with E-state index >= 15 is 0 Å². The molecular formula is C17H21ClN4O3S. The SMILES string of the molecule is CC[C@@H](C)[C@@H](NC(=O)CSc1nncn1-c1cccc(Cl)c1)C(=O)OC. The van der Waals surface area contributed by atoms with Gasteiger partial charge in [-0.15, -0.1) is 10.2 Å². The van der Waals surface area contributed by atoms with Gasteiger partial charge >= 0.3 is 5.97 Å². The summed E-state index contributed by atoms with van der Waals surface area (Å²) in [5.74, 6) is -0.638. The molecule has 0 saturated carbocycles. The standard InChI is InChI=1S/C17H21ClN4O3S/c1-4-11(2)15(16(24)25-3)20-14(23)9-26-17-21-19-10-22(17)13-7-5-6-12(18)8-13/h5-8,10-11,15H,4,9H2,1-3H3,(H,20,23)/t11-,15-/m1/s1. The molecule has 0 aliphatic carbocycles. The molecule has 1 amide bonds. The maximum absolute atomic E-state index is 12.3. The average Bonchev–Trinajstić information content (AvgIpc) is 3.11. The van der Waals surface area contributed by atoms with Crippen LogP contribution in [0, 0.1) is 5.92 Å². The molecule has 140 valence electrons. The van der Waals surface area contributed by atoms with Gasteiger partial charge in [0.1, 0.15) is 12.4 Å². The summed E-state index contributed by atoms with van der Waals surface area (Å²) in [6.45, 7) is 3.85. The van der Waals surface area contributed by atoms with Crippen molar-refractivity contribution in [3.8, 4) is 5.69 Å². The lowest BCUT2D eigenvalue weighted by molar-refractivity contribution is -0.146. The molecule has 0 aliphatic rings. The van der Waals surface area contributed by atoms with Gasteiger partial charge in [-0.1, -0.05) is 49.7 Å². The lowest BCUT2D eigenvalue weighted by atomic mass is 9.99. The van der Waals surface area contributed by atoms with Crippen LogP contribution in [-0.2, 0) is 14.3 Å². The Bertz CT molecular complexity index is 768. The Balaban J connectivity index is 2.02. The van der Waals surface area contributed by atoms with Gasteiger partial charge in [0.25, 0.3) is 0 Å². The summed E-state index contributed by atoms with van der Waals surface area (Å²) in [5, 5.41) is 11.8. The molecule has 0 saturated heterocycles. The van der Waals surface area contributed by atoms with Gasteiger partial charge in [0, 0.05) is 5.02 Å². The topological polar surface area (TPSA) is 86.1 Å². The van der Waals surface area contributed by atoms with Crippen LogP contribution in [0.15, 0.2) is 35.7 Å². The number of methoxy groups -OCH3 is 1. The van der Waals surface area contributed by atoms with Gasteiger partial charge in [-0.05, 0) is 24.1 Å². The predicted molar refractivity (Wildman–Crippen MR) is 100 cm³/mol. The summed E-state index contributed by atoms with van der Waals surface area (Å²) in [6.07, 6.45) is 2.30. The highest BCUT2D eigenvalue weighted by Crippen LogP contribution is 2.21. The van der Waals surface area contributed by atoms with Gasteiger partial charge in [-0.3, -0.25) is 9.36 Å². The van der Waals surface area contributed by atoms with Crippen LogP contribution in [-0.4, -0.2) is 45.5 Å². The number of amides is 1. The van der Waals surface area contributed by atoms with E-state index in [0.29, 0.717) is 10.2 Å². The third-order valence-electron chi connectivity index (χ3n) is 3.92. The minimum atomic E-state index is -0.663. The number of nitrogens with one attached hydrogen (secondary N) is 1. The van der Waals surface area contributed by atoms with Crippen molar-refractivity contribution < 1.29 is 14.3 Å². The quantitative estimate of drug-likeness (QED) is 0.545. The number of nitrogens with zero attached hydrogens (tertiary/aromatic N) is 3. The van der Waals surface area contributed by atoms with Crippen LogP contribution >= 0.6 is 23.4 Å². The molecule has 2 atom stereocenters. The Morgan fingerprint density at radius 1 is 1.42 bits per heavy atom. The largest absolute Gasteiger partial charge is 0.467 e. The van der Waals surface area contributed by atoms with Crippen LogP contribution < -0.4 is 5.32 Å². The zero-order valence-corrected chi connectivity index (χ0v) is 16.4. The molecule has 0 unspecified atom stereocenters. The van der Waals surface area contributed by atoms with Crippen LogP contribution in [0.25, 0.3) is 5.69 Å². The van der Waals surface area contributed by atoms with Gasteiger partial charge in [-0.25, -0.2) is 4.79 Å². The number of esters is 1. The van der Waals surface area contributed by atoms with E-state index in [2.05, 4.69) is 15.5 Å². The zero-order valence-electron chi connectivity index (χ0n) is 14.8. The van der Waals surface area contributed by atoms with Crippen molar-refractivity contribution in [1.82, 2.24) is 20.1 Å². The van der Waals surface area contributed by atoms with E-state index in [-0.39, 0.29) is 17.6 Å². The number of rotatable bonds is 8. The normalized spacial score (nSPS) is 13.1. The summed E-state index contributed by atoms with van der Waals surface area (Å²) < 4.78 is 6.52. The number of hydrogen-bond acceptors (Lipinski definition) is 6. The highest BCUT2D eigenvalue weighted by atomic mass is 35.5. The number of benzene rings is 1. The molecule has 26 heavy (non-hydrogen) atoms. The van der Waals surface area contributed by atoms with Crippen molar-refractivity contribution in [1.29, 1.82) is 0 Å². The van der Waals surface area contributed by atoms with Crippen molar-refractivity contribution in [3.63, 3.8) is 0 Å². The highest BCUT2D eigenvalue weighted by Gasteiger charge is 2.26. The Kier molecular flexibility index (Phi) is 7.47. The first-order valence-corrected chi connectivity index (χ1v) is 9.48. The molecule has 2 aromatic rings. The van der Waals surface area contributed by atoms with Gasteiger partial charge in [0.2, 0.25) is 5.91 Å². The van der Waals surface area contributed by atoms with Gasteiger partial charge in [-0.2, -0.15) is 0 Å². The van der Waals surface area contributed by atoms with E-state index < -0.39 is 12.0 Å². The van der Waals surface area contributed by atoms with Crippen LogP contribution in [0.4, 0.5) is 0 Å². The Morgan fingerprint density at radius 2 is 2.19 bits per heavy atom. The van der Waals surface area contributed by atoms with Gasteiger partial charge < -0.3 is 10.1 Å². The second-order valence-corrected chi connectivity index (χ2v) is 7.08. The first-order chi connectivity index (χ1) is 12.5. The fourth-order valence-electron chi connectivity index (χ4n) is 2.27. The molecule has 1 N–H and O–H groups in total. The number of aromatic nitrogens is 3. The zero-order chi connectivity index (χ0) is 19.1. The van der Waals surface area contributed by atoms with Crippen LogP contribution in [0.1, 0.15) is 20.3 Å². The molecule has 9 heteroatoms. The second kappa shape index (κ2) is 9.59. The van der Waals surface area contributed by atoms with E-state index in [1.165, 1.54) is 18.9 Å². The number of carbonyl (C=O) groups is 2. The molecule has 0 spiro atoms. The number of carbonyl (C=O) groups excluding carboxylic acids is 2. The number of ether oxygens (including phenoxy) is 1. The molecule has 1 aromatic heterocycles. The molecular weight excluding hydrogens is 376 g/mol. The van der Waals surface area contributed by atoms with E-state index in [1.807, 2.05) is 26.0 Å². The summed E-state index contributed by atoms with van der Waals surface area (Å²) in [7, 11) is 1.31. The molecule has 2 rings (SSSR count). The summed E-state index contributed by atoms with van der Waals surface area (Å²) in [5.41, 5.74) is 0.803. The van der Waals surface area contributed by atoms with Gasteiger partial charge in [0.15, 0.2) is 5.16 Å². The molecule has 0 bridgehead atoms. The summed E-state index contributed by atoms with van der Waals surface area (Å²) in [4.78, 5) is 24.1. The van der Waals surface area contributed by atoms with Crippen molar-refractivity contribution in [2.75, 3.05) is 12.9 Å². The van der Waals surface area contributed by atoms with Crippen molar-refractivity contribution in [2.24, 2.45) is 5.92 Å². The summed E-state index contributed by atoms with van der Waals surface area (Å²) in [6, 6.07) is 6.59. The van der Waals surface area contributed by atoms with Crippen LogP contribution in [0.2, 0.25) is 5.02 Å². The fourth-order valence-corrected chi connectivity index (χ4v) is 3.19. The van der Waals surface area contributed by atoms with E-state index in [4.69, 9.17) is 16.3 Å². The predicted octanol–water partition coefficient (Wildman–Crippen LogP) is 2.72. The lowest BCUT2D eigenvalue weighted by Crippen LogP contribution is -2.46. The van der Waals surface area contributed by atoms with E-state index in [9.17, 15) is 9.59 Å². The third-order valence-corrected chi connectivity index (χ3v) is 5.10. The number of halogens is 1. The maximum atomic E-state index is 12.3. The van der Waals surface area contributed by atoms with Crippen molar-refractivity contribution >= 4 is 35.2 Å². The minimum Gasteiger partial charge on any atom is -0.467 e. The molecule has 7 nitrogen and oxygen atoms in total. The smallest absolute Gasteiger partial charge is 0.328 e. The molecule has 0 fully saturated rings. The second-order valence-electron chi connectivity index (χ2n) is 5.71. The average molecular weight is 397 g/mol. The third kappa shape index (κ3) is 5.22. The highest BCUT2D eigenvalue weighted by molar-refractivity contribution is 7.99. The van der Waals surface area contributed by atoms with Crippen molar-refractivity contribution in [3.05, 3.63) is 35.6 Å². The first-order valence-electron chi connectivity index (χ1n) is 8.12. The minimum absolute atomic E-state index is 0.0217. The molecule has 0 radical (unpaired) electrons. The summed E-state index contributed by atoms with van der Waals surface area (Å²) >= 11 is 7.24. The lowest BCUT2D eigenvalue weighted by Gasteiger charge is -2.21. The van der Waals surface area contributed by atoms with Crippen LogP contribution in [0.3, 0.4) is 0 Å². The number of hydrogen-bond donors (Lipinski definition) is 1. The van der Waals surface area contributed by atoms with Gasteiger partial charge in [0.05, 0.1) is 18.6 Å². The molecule has 1 heterocycles. The van der Waals surface area contributed by atoms with Crippen LogP contribution in [0.5, 0.6) is 0 Å². The number of thioether (sulfide) groups is 1. The monoisotopic (exact) mass is 396 g/mol. The van der Waals surface area contributed by atoms with E-state index in [1.54, 1.807) is 23.0 Å².